The molecule has 0 radical (unpaired) electrons. The largest absolute Gasteiger partial charge is 0.454 e. The molecular formula is C23H22N2O3. The molecule has 5 heteroatoms. The molecule has 2 aliphatic heterocycles. The van der Waals surface area contributed by atoms with Crippen LogP contribution in [0, 0.1) is 0 Å². The van der Waals surface area contributed by atoms with Gasteiger partial charge in [-0.25, -0.2) is 4.79 Å². The summed E-state index contributed by atoms with van der Waals surface area (Å²) < 4.78 is 10.9. The molecule has 3 aromatic carbocycles. The molecule has 5 nitrogen and oxygen atoms in total. The Balaban J connectivity index is 1.23. The molecule has 0 spiro atoms. The highest BCUT2D eigenvalue weighted by atomic mass is 16.7. The van der Waals surface area contributed by atoms with Crippen molar-refractivity contribution in [2.75, 3.05) is 19.9 Å². The lowest BCUT2D eigenvalue weighted by atomic mass is 9.98. The van der Waals surface area contributed by atoms with Gasteiger partial charge in [0.05, 0.1) is 0 Å². The number of carbonyl (C=O) groups excluding carboxylic acids is 1. The Morgan fingerprint density at radius 2 is 1.89 bits per heavy atom. The Morgan fingerprint density at radius 3 is 2.86 bits per heavy atom. The van der Waals surface area contributed by atoms with Gasteiger partial charge >= 0.3 is 6.03 Å². The van der Waals surface area contributed by atoms with Crippen LogP contribution in [0.3, 0.4) is 0 Å². The molecule has 0 saturated carbocycles. The van der Waals surface area contributed by atoms with Gasteiger partial charge in [-0.2, -0.15) is 0 Å². The molecule has 1 saturated heterocycles. The molecule has 0 bridgehead atoms. The average molecular weight is 374 g/mol. The van der Waals surface area contributed by atoms with E-state index in [1.165, 1.54) is 16.3 Å². The van der Waals surface area contributed by atoms with Gasteiger partial charge in [-0.15, -0.1) is 0 Å². The number of fused-ring (bicyclic) bond motifs is 2. The zero-order chi connectivity index (χ0) is 18.9. The van der Waals surface area contributed by atoms with Crippen molar-refractivity contribution in [3.8, 4) is 11.5 Å². The Bertz CT molecular complexity index is 1030. The molecule has 2 aliphatic rings. The lowest BCUT2D eigenvalue weighted by Crippen LogP contribution is -2.38. The number of likely N-dealkylation sites (tertiary alicyclic amines) is 1. The number of nitrogens with zero attached hydrogens (tertiary/aromatic N) is 1. The predicted molar refractivity (Wildman–Crippen MR) is 108 cm³/mol. The zero-order valence-electron chi connectivity index (χ0n) is 15.6. The maximum Gasteiger partial charge on any atom is 0.317 e. The summed E-state index contributed by atoms with van der Waals surface area (Å²) in [6.45, 7) is 2.30. The van der Waals surface area contributed by atoms with Crippen molar-refractivity contribution in [1.29, 1.82) is 0 Å². The number of urea groups is 1. The van der Waals surface area contributed by atoms with Crippen LogP contribution in [0.1, 0.15) is 23.5 Å². The van der Waals surface area contributed by atoms with Crippen molar-refractivity contribution in [1.82, 2.24) is 10.2 Å². The van der Waals surface area contributed by atoms with E-state index < -0.39 is 0 Å². The van der Waals surface area contributed by atoms with E-state index in [4.69, 9.17) is 9.47 Å². The van der Waals surface area contributed by atoms with Gasteiger partial charge in [0.25, 0.3) is 0 Å². The minimum atomic E-state index is -0.00354. The van der Waals surface area contributed by atoms with Crippen molar-refractivity contribution in [3.05, 3.63) is 71.8 Å². The first-order valence-corrected chi connectivity index (χ1v) is 9.67. The second-order valence-electron chi connectivity index (χ2n) is 7.34. The molecule has 142 valence electrons. The normalized spacial score (nSPS) is 17.9. The van der Waals surface area contributed by atoms with E-state index in [2.05, 4.69) is 35.6 Å². The first-order valence-electron chi connectivity index (χ1n) is 9.67. The number of benzene rings is 3. The smallest absolute Gasteiger partial charge is 0.317 e. The molecule has 1 atom stereocenters. The standard InChI is InChI=1S/C23H22N2O3/c26-23(24-13-18-6-3-5-16-4-1-2-7-20(16)18)25-11-10-19(14-25)17-8-9-21-22(12-17)28-15-27-21/h1-9,12,19H,10-11,13-15H2,(H,24,26)/t19-/m0/s1. The molecule has 0 unspecified atom stereocenters. The summed E-state index contributed by atoms with van der Waals surface area (Å²) in [5.41, 5.74) is 2.34. The summed E-state index contributed by atoms with van der Waals surface area (Å²) in [7, 11) is 0. The topological polar surface area (TPSA) is 50.8 Å². The van der Waals surface area contributed by atoms with Crippen LogP contribution in [-0.2, 0) is 6.54 Å². The molecule has 2 heterocycles. The molecule has 1 fully saturated rings. The maximum atomic E-state index is 12.7. The first kappa shape index (κ1) is 16.9. The third-order valence-corrected chi connectivity index (χ3v) is 5.65. The van der Waals surface area contributed by atoms with Crippen molar-refractivity contribution in [2.45, 2.75) is 18.9 Å². The van der Waals surface area contributed by atoms with E-state index in [-0.39, 0.29) is 12.8 Å². The minimum Gasteiger partial charge on any atom is -0.454 e. The first-order chi connectivity index (χ1) is 13.8. The van der Waals surface area contributed by atoms with Crippen LogP contribution in [0.2, 0.25) is 0 Å². The summed E-state index contributed by atoms with van der Waals surface area (Å²) in [6, 6.07) is 20.5. The lowest BCUT2D eigenvalue weighted by Gasteiger charge is -2.18. The minimum absolute atomic E-state index is 0.00354. The van der Waals surface area contributed by atoms with Crippen molar-refractivity contribution >= 4 is 16.8 Å². The highest BCUT2D eigenvalue weighted by molar-refractivity contribution is 5.86. The van der Waals surface area contributed by atoms with Crippen LogP contribution in [0.25, 0.3) is 10.8 Å². The fourth-order valence-electron chi connectivity index (χ4n) is 4.11. The Labute approximate surface area is 163 Å². The number of hydrogen-bond donors (Lipinski definition) is 1. The molecule has 1 N–H and O–H groups in total. The SMILES string of the molecule is O=C(NCc1cccc2ccccc12)N1CC[C@H](c2ccc3c(c2)OCO3)C1. The summed E-state index contributed by atoms with van der Waals surface area (Å²) >= 11 is 0. The van der Waals surface area contributed by atoms with Gasteiger partial charge in [0, 0.05) is 25.6 Å². The average Bonchev–Trinajstić information content (AvgIpc) is 3.41. The maximum absolute atomic E-state index is 12.7. The molecule has 28 heavy (non-hydrogen) atoms. The number of carbonyl (C=O) groups is 1. The third kappa shape index (κ3) is 3.13. The van der Waals surface area contributed by atoms with Gasteiger partial charge in [-0.05, 0) is 40.5 Å². The van der Waals surface area contributed by atoms with Crippen LogP contribution in [0.5, 0.6) is 11.5 Å². The fourth-order valence-corrected chi connectivity index (χ4v) is 4.11. The van der Waals surface area contributed by atoms with Crippen LogP contribution >= 0.6 is 0 Å². The zero-order valence-corrected chi connectivity index (χ0v) is 15.6. The van der Waals surface area contributed by atoms with Gasteiger partial charge in [0.1, 0.15) is 0 Å². The highest BCUT2D eigenvalue weighted by Crippen LogP contribution is 2.37. The van der Waals surface area contributed by atoms with Crippen LogP contribution in [0.4, 0.5) is 4.79 Å². The monoisotopic (exact) mass is 374 g/mol. The summed E-state index contributed by atoms with van der Waals surface area (Å²) in [5.74, 6) is 1.93. The number of ether oxygens (including phenoxy) is 2. The molecular weight excluding hydrogens is 352 g/mol. The van der Waals surface area contributed by atoms with Crippen molar-refractivity contribution in [3.63, 3.8) is 0 Å². The third-order valence-electron chi connectivity index (χ3n) is 5.65. The van der Waals surface area contributed by atoms with E-state index in [0.717, 1.165) is 36.6 Å². The Morgan fingerprint density at radius 1 is 1.04 bits per heavy atom. The number of nitrogens with one attached hydrogen (secondary N) is 1. The van der Waals surface area contributed by atoms with E-state index >= 15 is 0 Å². The van der Waals surface area contributed by atoms with Gasteiger partial charge in [-0.1, -0.05) is 48.5 Å². The lowest BCUT2D eigenvalue weighted by molar-refractivity contribution is 0.174. The van der Waals surface area contributed by atoms with Crippen LogP contribution in [-0.4, -0.2) is 30.8 Å². The number of amides is 2. The van der Waals surface area contributed by atoms with Gasteiger partial charge in [0.2, 0.25) is 6.79 Å². The van der Waals surface area contributed by atoms with Crippen LogP contribution in [0.15, 0.2) is 60.7 Å². The van der Waals surface area contributed by atoms with Gasteiger partial charge in [0.15, 0.2) is 11.5 Å². The Kier molecular flexibility index (Phi) is 4.28. The van der Waals surface area contributed by atoms with Crippen molar-refractivity contribution < 1.29 is 14.3 Å². The summed E-state index contributed by atoms with van der Waals surface area (Å²) in [5, 5.41) is 5.47. The van der Waals surface area contributed by atoms with E-state index in [1.807, 2.05) is 35.2 Å². The van der Waals surface area contributed by atoms with E-state index in [9.17, 15) is 4.79 Å². The van der Waals surface area contributed by atoms with Gasteiger partial charge in [-0.3, -0.25) is 0 Å². The van der Waals surface area contributed by atoms with E-state index in [0.29, 0.717) is 12.5 Å². The number of rotatable bonds is 3. The quantitative estimate of drug-likeness (QED) is 0.745. The second-order valence-corrected chi connectivity index (χ2v) is 7.34. The highest BCUT2D eigenvalue weighted by Gasteiger charge is 2.28. The fraction of sp³-hybridized carbons (Fsp3) is 0.261. The molecule has 0 aromatic heterocycles. The summed E-state index contributed by atoms with van der Waals surface area (Å²) in [4.78, 5) is 14.6. The number of hydrogen-bond acceptors (Lipinski definition) is 3. The van der Waals surface area contributed by atoms with Crippen molar-refractivity contribution in [2.24, 2.45) is 0 Å². The van der Waals surface area contributed by atoms with Gasteiger partial charge < -0.3 is 19.7 Å². The molecule has 5 rings (SSSR count). The van der Waals surface area contributed by atoms with E-state index in [1.54, 1.807) is 0 Å². The molecule has 0 aliphatic carbocycles. The van der Waals surface area contributed by atoms with Crippen LogP contribution < -0.4 is 14.8 Å². The predicted octanol–water partition coefficient (Wildman–Crippen LogP) is 4.27. The molecule has 2 amide bonds. The Hall–Kier alpha value is -3.21. The summed E-state index contributed by atoms with van der Waals surface area (Å²) in [6.07, 6.45) is 0.960. The molecule has 3 aromatic rings. The second kappa shape index (κ2) is 7.08.